The van der Waals surface area contributed by atoms with Crippen LogP contribution in [0.5, 0.6) is 17.2 Å². The topological polar surface area (TPSA) is 134 Å². The minimum absolute atomic E-state index is 0.160. The number of hydrogen-bond acceptors (Lipinski definition) is 7. The lowest BCUT2D eigenvalue weighted by Gasteiger charge is -2.11. The second kappa shape index (κ2) is 15.1. The molecule has 0 aliphatic heterocycles. The third kappa shape index (κ3) is 9.74. The molecule has 0 saturated heterocycles. The minimum atomic E-state index is -1.03. The number of nitrogens with two attached hydrogens (primary N) is 2. The lowest BCUT2D eigenvalue weighted by molar-refractivity contribution is -0.128. The van der Waals surface area contributed by atoms with Crippen molar-refractivity contribution in [2.75, 3.05) is 24.7 Å². The summed E-state index contributed by atoms with van der Waals surface area (Å²) in [6.07, 6.45) is 8.16. The molecule has 5 N–H and O–H groups in total. The van der Waals surface area contributed by atoms with Crippen LogP contribution < -0.4 is 25.7 Å². The van der Waals surface area contributed by atoms with Crippen molar-refractivity contribution in [3.8, 4) is 17.2 Å². The SMILES string of the molecule is CCCCOc1ccc(OC(=O)/C=C/c2ccc(OCCCCCc3c(N)cc(N)cc3C(=O)O)cc2)cc1. The molecule has 39 heavy (non-hydrogen) atoms. The van der Waals surface area contributed by atoms with Gasteiger partial charge in [-0.25, -0.2) is 9.59 Å². The van der Waals surface area contributed by atoms with Crippen molar-refractivity contribution in [3.05, 3.63) is 83.4 Å². The standard InChI is InChI=1S/C31H36N2O6/c1-2-3-18-37-25-13-15-26(16-14-25)39-30(34)17-10-22-8-11-24(12-9-22)38-19-6-4-5-7-27-28(31(35)36)20-23(32)21-29(27)33/h8-17,20-21H,2-7,18-19,32-33H2,1H3,(H,35,36)/b17-10+. The van der Waals surface area contributed by atoms with Gasteiger partial charge in [0.25, 0.3) is 0 Å². The highest BCUT2D eigenvalue weighted by atomic mass is 16.5. The molecule has 3 rings (SSSR count). The van der Waals surface area contributed by atoms with Crippen molar-refractivity contribution in [3.63, 3.8) is 0 Å². The van der Waals surface area contributed by atoms with Gasteiger partial charge in [-0.2, -0.15) is 0 Å². The van der Waals surface area contributed by atoms with Gasteiger partial charge in [0.05, 0.1) is 18.8 Å². The molecule has 0 spiro atoms. The van der Waals surface area contributed by atoms with Gasteiger partial charge in [0.1, 0.15) is 17.2 Å². The van der Waals surface area contributed by atoms with Crippen molar-refractivity contribution in [1.29, 1.82) is 0 Å². The Labute approximate surface area is 229 Å². The number of unbranched alkanes of at least 4 members (excludes halogenated alkanes) is 3. The number of benzene rings is 3. The Balaban J connectivity index is 1.36. The van der Waals surface area contributed by atoms with Crippen LogP contribution in [0, 0.1) is 0 Å². The molecule has 0 aliphatic carbocycles. The summed E-state index contributed by atoms with van der Waals surface area (Å²) in [5.41, 5.74) is 14.1. The summed E-state index contributed by atoms with van der Waals surface area (Å²) in [6.45, 7) is 3.31. The number of nitrogen functional groups attached to an aromatic ring is 2. The molecule has 0 fully saturated rings. The van der Waals surface area contributed by atoms with E-state index in [4.69, 9.17) is 25.7 Å². The molecule has 0 aromatic heterocycles. The van der Waals surface area contributed by atoms with E-state index >= 15 is 0 Å². The zero-order valence-electron chi connectivity index (χ0n) is 22.2. The summed E-state index contributed by atoms with van der Waals surface area (Å²) in [5.74, 6) is 0.438. The molecule has 3 aromatic rings. The number of hydrogen-bond donors (Lipinski definition) is 3. The third-order valence-electron chi connectivity index (χ3n) is 5.98. The molecular formula is C31H36N2O6. The largest absolute Gasteiger partial charge is 0.494 e. The molecule has 3 aromatic carbocycles. The third-order valence-corrected chi connectivity index (χ3v) is 5.98. The molecule has 0 amide bonds. The van der Waals surface area contributed by atoms with Crippen LogP contribution in [0.15, 0.2) is 66.7 Å². The summed E-state index contributed by atoms with van der Waals surface area (Å²) >= 11 is 0. The van der Waals surface area contributed by atoms with Gasteiger partial charge in [-0.3, -0.25) is 0 Å². The van der Waals surface area contributed by atoms with Gasteiger partial charge in [0.15, 0.2) is 0 Å². The molecule has 0 bridgehead atoms. The Morgan fingerprint density at radius 3 is 2.08 bits per heavy atom. The average Bonchev–Trinajstić information content (AvgIpc) is 2.92. The number of carboxylic acid groups (broad SMARTS) is 1. The summed E-state index contributed by atoms with van der Waals surface area (Å²) in [6, 6.07) is 17.4. The molecule has 0 unspecified atom stereocenters. The highest BCUT2D eigenvalue weighted by Gasteiger charge is 2.14. The Bertz CT molecular complexity index is 1250. The predicted molar refractivity (Wildman–Crippen MR) is 153 cm³/mol. The lowest BCUT2D eigenvalue weighted by Crippen LogP contribution is -2.08. The van der Waals surface area contributed by atoms with E-state index in [1.165, 1.54) is 12.1 Å². The number of rotatable bonds is 15. The fourth-order valence-corrected chi connectivity index (χ4v) is 3.89. The van der Waals surface area contributed by atoms with E-state index in [-0.39, 0.29) is 5.56 Å². The predicted octanol–water partition coefficient (Wildman–Crippen LogP) is 6.14. The Morgan fingerprint density at radius 1 is 0.821 bits per heavy atom. The molecular weight excluding hydrogens is 496 g/mol. The number of aromatic carboxylic acids is 1. The molecule has 206 valence electrons. The van der Waals surface area contributed by atoms with Gasteiger partial charge >= 0.3 is 11.9 Å². The highest BCUT2D eigenvalue weighted by molar-refractivity contribution is 5.92. The van der Waals surface area contributed by atoms with Gasteiger partial charge < -0.3 is 30.8 Å². The van der Waals surface area contributed by atoms with Crippen LogP contribution in [0.1, 0.15) is 60.5 Å². The van der Waals surface area contributed by atoms with Gasteiger partial charge in [-0.15, -0.1) is 0 Å². The second-order valence-corrected chi connectivity index (χ2v) is 9.10. The summed E-state index contributed by atoms with van der Waals surface area (Å²) in [5, 5.41) is 9.40. The Morgan fingerprint density at radius 2 is 1.44 bits per heavy atom. The number of ether oxygens (including phenoxy) is 3. The Kier molecular flexibility index (Phi) is 11.2. The van der Waals surface area contributed by atoms with E-state index in [2.05, 4.69) is 6.92 Å². The maximum absolute atomic E-state index is 12.1. The second-order valence-electron chi connectivity index (χ2n) is 9.10. The van der Waals surface area contributed by atoms with E-state index in [0.29, 0.717) is 42.3 Å². The normalized spacial score (nSPS) is 10.9. The molecule has 8 nitrogen and oxygen atoms in total. The summed E-state index contributed by atoms with van der Waals surface area (Å²) in [4.78, 5) is 23.6. The molecule has 0 heterocycles. The van der Waals surface area contributed by atoms with E-state index in [1.54, 1.807) is 36.4 Å². The molecule has 0 atom stereocenters. The van der Waals surface area contributed by atoms with E-state index in [1.807, 2.05) is 24.3 Å². The summed E-state index contributed by atoms with van der Waals surface area (Å²) in [7, 11) is 0. The van der Waals surface area contributed by atoms with Gasteiger partial charge in [0, 0.05) is 17.5 Å². The van der Waals surface area contributed by atoms with Crippen LogP contribution in [-0.2, 0) is 11.2 Å². The first-order valence-electron chi connectivity index (χ1n) is 13.1. The van der Waals surface area contributed by atoms with Crippen LogP contribution in [0.2, 0.25) is 0 Å². The van der Waals surface area contributed by atoms with Crippen molar-refractivity contribution < 1.29 is 28.9 Å². The van der Waals surface area contributed by atoms with Crippen LogP contribution in [0.4, 0.5) is 11.4 Å². The average molecular weight is 533 g/mol. The van der Waals surface area contributed by atoms with Crippen LogP contribution in [0.25, 0.3) is 6.08 Å². The fourth-order valence-electron chi connectivity index (χ4n) is 3.89. The first-order valence-corrected chi connectivity index (χ1v) is 13.1. The van der Waals surface area contributed by atoms with Crippen LogP contribution in [-0.4, -0.2) is 30.3 Å². The smallest absolute Gasteiger partial charge is 0.336 e. The van der Waals surface area contributed by atoms with Gasteiger partial charge in [-0.05, 0) is 97.8 Å². The fraction of sp³-hybridized carbons (Fsp3) is 0.290. The van der Waals surface area contributed by atoms with E-state index in [9.17, 15) is 14.7 Å². The van der Waals surface area contributed by atoms with Crippen molar-refractivity contribution in [2.45, 2.75) is 45.4 Å². The first kappa shape index (κ1) is 29.1. The minimum Gasteiger partial charge on any atom is -0.494 e. The zero-order valence-corrected chi connectivity index (χ0v) is 22.2. The van der Waals surface area contributed by atoms with E-state index in [0.717, 1.165) is 49.2 Å². The molecule has 0 radical (unpaired) electrons. The number of carboxylic acids is 1. The highest BCUT2D eigenvalue weighted by Crippen LogP contribution is 2.24. The van der Waals surface area contributed by atoms with Gasteiger partial charge in [0.2, 0.25) is 0 Å². The number of carbonyl (C=O) groups excluding carboxylic acids is 1. The molecule has 0 aliphatic rings. The lowest BCUT2D eigenvalue weighted by atomic mass is 9.98. The zero-order chi connectivity index (χ0) is 28.0. The quantitative estimate of drug-likeness (QED) is 0.0699. The molecule has 0 saturated carbocycles. The first-order chi connectivity index (χ1) is 18.9. The van der Waals surface area contributed by atoms with E-state index < -0.39 is 11.9 Å². The van der Waals surface area contributed by atoms with Crippen molar-refractivity contribution in [1.82, 2.24) is 0 Å². The Hall–Kier alpha value is -4.46. The van der Waals surface area contributed by atoms with Crippen LogP contribution in [0.3, 0.4) is 0 Å². The van der Waals surface area contributed by atoms with Crippen molar-refractivity contribution >= 4 is 29.4 Å². The monoisotopic (exact) mass is 532 g/mol. The number of esters is 1. The number of anilines is 2. The van der Waals surface area contributed by atoms with Crippen molar-refractivity contribution in [2.24, 2.45) is 0 Å². The number of carbonyl (C=O) groups is 2. The van der Waals surface area contributed by atoms with Crippen LogP contribution >= 0.6 is 0 Å². The maximum atomic E-state index is 12.1. The maximum Gasteiger partial charge on any atom is 0.336 e. The van der Waals surface area contributed by atoms with Gasteiger partial charge in [-0.1, -0.05) is 25.5 Å². The summed E-state index contributed by atoms with van der Waals surface area (Å²) < 4.78 is 16.7. The molecule has 8 heteroatoms.